The summed E-state index contributed by atoms with van der Waals surface area (Å²) in [6, 6.07) is 7.60. The van der Waals surface area contributed by atoms with Gasteiger partial charge in [-0.05, 0) is 37.5 Å². The SMILES string of the molecule is CCCCC(CC)C(=O)Oc1cc(C(F)(F)F)nn1-c1cccc(C)c1. The average Bonchev–Trinajstić information content (AvgIpc) is 2.99. The third-order valence-corrected chi connectivity index (χ3v) is 4.15. The zero-order valence-corrected chi connectivity index (χ0v) is 15.1. The van der Waals surface area contributed by atoms with Gasteiger partial charge in [0.15, 0.2) is 5.69 Å². The lowest BCUT2D eigenvalue weighted by Gasteiger charge is -2.14. The summed E-state index contributed by atoms with van der Waals surface area (Å²) in [4.78, 5) is 12.4. The summed E-state index contributed by atoms with van der Waals surface area (Å²) in [5.74, 6) is -1.09. The van der Waals surface area contributed by atoms with Gasteiger partial charge in [-0.2, -0.15) is 18.3 Å². The van der Waals surface area contributed by atoms with Gasteiger partial charge in [-0.3, -0.25) is 4.79 Å². The molecule has 0 N–H and O–H groups in total. The summed E-state index contributed by atoms with van der Waals surface area (Å²) >= 11 is 0. The van der Waals surface area contributed by atoms with E-state index in [4.69, 9.17) is 4.74 Å². The number of rotatable bonds is 7. The van der Waals surface area contributed by atoms with Gasteiger partial charge in [0.2, 0.25) is 5.88 Å². The van der Waals surface area contributed by atoms with E-state index in [0.29, 0.717) is 18.5 Å². The van der Waals surface area contributed by atoms with Crippen molar-refractivity contribution in [1.29, 1.82) is 0 Å². The van der Waals surface area contributed by atoms with Crippen LogP contribution in [0.4, 0.5) is 13.2 Å². The van der Waals surface area contributed by atoms with Crippen LogP contribution in [-0.4, -0.2) is 15.7 Å². The summed E-state index contributed by atoms with van der Waals surface area (Å²) in [5.41, 5.74) is 0.173. The molecule has 1 heterocycles. The van der Waals surface area contributed by atoms with Crippen molar-refractivity contribution < 1.29 is 22.7 Å². The minimum atomic E-state index is -4.62. The summed E-state index contributed by atoms with van der Waals surface area (Å²) in [6.45, 7) is 5.70. The summed E-state index contributed by atoms with van der Waals surface area (Å²) < 4.78 is 45.6. The fourth-order valence-corrected chi connectivity index (χ4v) is 2.65. The molecule has 7 heteroatoms. The van der Waals surface area contributed by atoms with Crippen molar-refractivity contribution in [3.63, 3.8) is 0 Å². The van der Waals surface area contributed by atoms with E-state index in [1.807, 2.05) is 26.8 Å². The second-order valence-corrected chi connectivity index (χ2v) is 6.28. The van der Waals surface area contributed by atoms with E-state index in [0.717, 1.165) is 29.2 Å². The number of hydrogen-bond donors (Lipinski definition) is 0. The minimum absolute atomic E-state index is 0.220. The van der Waals surface area contributed by atoms with Crippen molar-refractivity contribution in [3.8, 4) is 11.6 Å². The van der Waals surface area contributed by atoms with Gasteiger partial charge >= 0.3 is 12.1 Å². The lowest BCUT2D eigenvalue weighted by Crippen LogP contribution is -2.21. The van der Waals surface area contributed by atoms with E-state index >= 15 is 0 Å². The molecular formula is C19H23F3N2O2. The molecular weight excluding hydrogens is 345 g/mol. The number of esters is 1. The first-order valence-electron chi connectivity index (χ1n) is 8.72. The van der Waals surface area contributed by atoms with Crippen molar-refractivity contribution in [3.05, 3.63) is 41.6 Å². The molecule has 1 atom stereocenters. The topological polar surface area (TPSA) is 44.1 Å². The normalized spacial score (nSPS) is 12.8. The maximum Gasteiger partial charge on any atom is 0.435 e. The summed E-state index contributed by atoms with van der Waals surface area (Å²) in [7, 11) is 0. The van der Waals surface area contributed by atoms with Crippen molar-refractivity contribution in [2.24, 2.45) is 5.92 Å². The Morgan fingerprint density at radius 3 is 2.58 bits per heavy atom. The average molecular weight is 368 g/mol. The van der Waals surface area contributed by atoms with E-state index in [-0.39, 0.29) is 11.8 Å². The van der Waals surface area contributed by atoms with Crippen molar-refractivity contribution in [1.82, 2.24) is 9.78 Å². The third-order valence-electron chi connectivity index (χ3n) is 4.15. The Bertz CT molecular complexity index is 753. The lowest BCUT2D eigenvalue weighted by atomic mass is 10.00. The van der Waals surface area contributed by atoms with E-state index in [9.17, 15) is 18.0 Å². The largest absolute Gasteiger partial charge is 0.435 e. The molecule has 0 saturated heterocycles. The Balaban J connectivity index is 2.37. The first-order chi connectivity index (χ1) is 12.3. The highest BCUT2D eigenvalue weighted by Gasteiger charge is 2.36. The van der Waals surface area contributed by atoms with Crippen LogP contribution in [0, 0.1) is 12.8 Å². The molecule has 2 rings (SSSR count). The number of benzene rings is 1. The smallest absolute Gasteiger partial charge is 0.407 e. The number of nitrogens with zero attached hydrogens (tertiary/aromatic N) is 2. The number of unbranched alkanes of at least 4 members (excludes halogenated alkanes) is 1. The lowest BCUT2D eigenvalue weighted by molar-refractivity contribution is -0.142. The number of hydrogen-bond acceptors (Lipinski definition) is 3. The van der Waals surface area contributed by atoms with Crippen LogP contribution in [0.15, 0.2) is 30.3 Å². The van der Waals surface area contributed by atoms with Crippen LogP contribution in [0.3, 0.4) is 0 Å². The van der Waals surface area contributed by atoms with Gasteiger partial charge < -0.3 is 4.74 Å². The van der Waals surface area contributed by atoms with Gasteiger partial charge in [0.05, 0.1) is 11.6 Å². The quantitative estimate of drug-likeness (QED) is 0.621. The van der Waals surface area contributed by atoms with Gasteiger partial charge in [0.1, 0.15) is 0 Å². The van der Waals surface area contributed by atoms with Crippen LogP contribution in [0.2, 0.25) is 0 Å². The summed E-state index contributed by atoms with van der Waals surface area (Å²) in [6.07, 6.45) is -1.61. The molecule has 1 unspecified atom stereocenters. The van der Waals surface area contributed by atoms with E-state index < -0.39 is 17.8 Å². The molecule has 4 nitrogen and oxygen atoms in total. The first-order valence-corrected chi connectivity index (χ1v) is 8.72. The molecule has 0 fully saturated rings. The molecule has 0 aliphatic heterocycles. The Morgan fingerprint density at radius 2 is 2.00 bits per heavy atom. The molecule has 0 bridgehead atoms. The second kappa shape index (κ2) is 8.38. The zero-order chi connectivity index (χ0) is 19.3. The van der Waals surface area contributed by atoms with Gasteiger partial charge in [-0.15, -0.1) is 0 Å². The molecule has 0 saturated carbocycles. The predicted octanol–water partition coefficient (Wildman–Crippen LogP) is 5.32. The second-order valence-electron chi connectivity index (χ2n) is 6.28. The van der Waals surface area contributed by atoms with Crippen molar-refractivity contribution in [2.75, 3.05) is 0 Å². The maximum absolute atomic E-state index is 13.1. The number of halogens is 3. The molecule has 2 aromatic rings. The first kappa shape index (κ1) is 20.0. The molecule has 0 spiro atoms. The van der Waals surface area contributed by atoms with Gasteiger partial charge in [-0.1, -0.05) is 38.8 Å². The molecule has 142 valence electrons. The van der Waals surface area contributed by atoms with Crippen molar-refractivity contribution >= 4 is 5.97 Å². The third kappa shape index (κ3) is 4.86. The number of aryl methyl sites for hydroxylation is 1. The fraction of sp³-hybridized carbons (Fsp3) is 0.474. The maximum atomic E-state index is 13.1. The van der Waals surface area contributed by atoms with Crippen LogP contribution < -0.4 is 4.74 Å². The Hall–Kier alpha value is -2.31. The van der Waals surface area contributed by atoms with Crippen molar-refractivity contribution in [2.45, 2.75) is 52.6 Å². The Labute approximate surface area is 151 Å². The highest BCUT2D eigenvalue weighted by atomic mass is 19.4. The van der Waals surface area contributed by atoms with Crippen LogP contribution in [0.25, 0.3) is 5.69 Å². The van der Waals surface area contributed by atoms with E-state index in [2.05, 4.69) is 5.10 Å². The Kier molecular flexibility index (Phi) is 6.45. The summed E-state index contributed by atoms with van der Waals surface area (Å²) in [5, 5.41) is 3.61. The number of ether oxygens (including phenoxy) is 1. The molecule has 0 radical (unpaired) electrons. The highest BCUT2D eigenvalue weighted by molar-refractivity contribution is 5.74. The molecule has 26 heavy (non-hydrogen) atoms. The molecule has 1 aromatic carbocycles. The van der Waals surface area contributed by atoms with Crippen LogP contribution in [0.5, 0.6) is 5.88 Å². The van der Waals surface area contributed by atoms with E-state index in [1.54, 1.807) is 18.2 Å². The number of carbonyl (C=O) groups excluding carboxylic acids is 1. The molecule has 0 aliphatic rings. The molecule has 0 aliphatic carbocycles. The minimum Gasteiger partial charge on any atom is -0.407 e. The molecule has 0 amide bonds. The zero-order valence-electron chi connectivity index (χ0n) is 15.1. The highest BCUT2D eigenvalue weighted by Crippen LogP contribution is 2.32. The Morgan fingerprint density at radius 1 is 1.27 bits per heavy atom. The predicted molar refractivity (Wildman–Crippen MR) is 92.2 cm³/mol. The van der Waals surface area contributed by atoms with Gasteiger partial charge in [0, 0.05) is 6.07 Å². The number of aromatic nitrogens is 2. The van der Waals surface area contributed by atoms with Gasteiger partial charge in [-0.25, -0.2) is 4.68 Å². The van der Waals surface area contributed by atoms with Crippen LogP contribution in [-0.2, 0) is 11.0 Å². The van der Waals surface area contributed by atoms with Crippen LogP contribution >= 0.6 is 0 Å². The standard InChI is InChI=1S/C19H23F3N2O2/c1-4-6-9-14(5-2)18(25)26-17-12-16(19(20,21)22)23-24(17)15-10-7-8-13(3)11-15/h7-8,10-12,14H,4-6,9H2,1-3H3. The van der Waals surface area contributed by atoms with Crippen LogP contribution in [0.1, 0.15) is 50.8 Å². The monoisotopic (exact) mass is 368 g/mol. The number of carbonyl (C=O) groups is 1. The molecule has 1 aromatic heterocycles. The van der Waals surface area contributed by atoms with Gasteiger partial charge in [0.25, 0.3) is 0 Å². The van der Waals surface area contributed by atoms with E-state index in [1.165, 1.54) is 0 Å². The fourth-order valence-electron chi connectivity index (χ4n) is 2.65. The number of alkyl halides is 3.